The average Bonchev–Trinajstić information content (AvgIpc) is 3.39. The summed E-state index contributed by atoms with van der Waals surface area (Å²) < 4.78 is 40.1. The fourth-order valence-corrected chi connectivity index (χ4v) is 7.53. The quantitative estimate of drug-likeness (QED) is 0.512. The van der Waals surface area contributed by atoms with Gasteiger partial charge in [-0.25, -0.2) is 23.5 Å². The second-order valence-electron chi connectivity index (χ2n) is 12.6. The van der Waals surface area contributed by atoms with Gasteiger partial charge in [0.2, 0.25) is 0 Å². The molecule has 4 aliphatic rings. The number of hydrogen-bond donors (Lipinski definition) is 0. The van der Waals surface area contributed by atoms with Crippen LogP contribution < -0.4 is 9.80 Å². The molecule has 6 heterocycles. The molecular formula is C29H40F2N6O3S. The van der Waals surface area contributed by atoms with Gasteiger partial charge in [-0.05, 0) is 46.1 Å². The Labute approximate surface area is 244 Å². The molecule has 3 fully saturated rings. The molecule has 4 aliphatic heterocycles. The Morgan fingerprint density at radius 2 is 1.83 bits per heavy atom. The maximum Gasteiger partial charge on any atom is 0.410 e. The summed E-state index contributed by atoms with van der Waals surface area (Å²) >= 11 is 1.66. The SMILES string of the molecule is Cc1c(N2CC(N3CCN(C(=O)OC(C)(C)C)CC3)C2)cc(N2CCC3(CC2)OCCc2ncsc23)nc1C(F)F. The number of piperazine rings is 1. The van der Waals surface area contributed by atoms with Crippen LogP contribution in [0.5, 0.6) is 0 Å². The molecule has 6 rings (SSSR count). The summed E-state index contributed by atoms with van der Waals surface area (Å²) in [4.78, 5) is 31.1. The first kappa shape index (κ1) is 28.5. The molecule has 2 aromatic heterocycles. The number of alkyl halides is 2. The van der Waals surface area contributed by atoms with Crippen molar-refractivity contribution in [1.82, 2.24) is 19.8 Å². The average molecular weight is 591 g/mol. The van der Waals surface area contributed by atoms with Crippen LogP contribution in [0.1, 0.15) is 61.9 Å². The molecule has 0 aliphatic carbocycles. The Kier molecular flexibility index (Phi) is 7.61. The van der Waals surface area contributed by atoms with Crippen molar-refractivity contribution in [3.8, 4) is 0 Å². The summed E-state index contributed by atoms with van der Waals surface area (Å²) in [5, 5.41) is 0. The molecule has 0 N–H and O–H groups in total. The topological polar surface area (TPSA) is 74.3 Å². The predicted octanol–water partition coefficient (Wildman–Crippen LogP) is 4.59. The van der Waals surface area contributed by atoms with E-state index in [1.54, 1.807) is 23.2 Å². The summed E-state index contributed by atoms with van der Waals surface area (Å²) in [6.45, 7) is 13.8. The van der Waals surface area contributed by atoms with E-state index in [1.165, 1.54) is 4.88 Å². The molecule has 9 nitrogen and oxygen atoms in total. The van der Waals surface area contributed by atoms with Crippen LogP contribution in [0.15, 0.2) is 11.6 Å². The number of anilines is 2. The van der Waals surface area contributed by atoms with Crippen LogP contribution in [0.3, 0.4) is 0 Å². The first-order chi connectivity index (χ1) is 19.5. The molecule has 1 spiro atoms. The molecular weight excluding hydrogens is 550 g/mol. The maximum atomic E-state index is 14.2. The van der Waals surface area contributed by atoms with E-state index in [1.807, 2.05) is 32.3 Å². The van der Waals surface area contributed by atoms with E-state index < -0.39 is 12.0 Å². The zero-order chi connectivity index (χ0) is 28.9. The van der Waals surface area contributed by atoms with E-state index >= 15 is 0 Å². The number of pyridine rings is 1. The number of halogens is 2. The second kappa shape index (κ2) is 10.9. The van der Waals surface area contributed by atoms with Gasteiger partial charge in [-0.1, -0.05) is 0 Å². The Morgan fingerprint density at radius 1 is 1.12 bits per heavy atom. The van der Waals surface area contributed by atoms with Crippen molar-refractivity contribution < 1.29 is 23.0 Å². The molecule has 0 saturated carbocycles. The van der Waals surface area contributed by atoms with Gasteiger partial charge in [0, 0.05) is 76.6 Å². The van der Waals surface area contributed by atoms with Crippen LogP contribution in [0.4, 0.5) is 25.1 Å². The van der Waals surface area contributed by atoms with Crippen molar-refractivity contribution in [3.05, 3.63) is 33.4 Å². The molecule has 2 aromatic rings. The maximum absolute atomic E-state index is 14.2. The number of carbonyl (C=O) groups excluding carboxylic acids is 1. The highest BCUT2D eigenvalue weighted by Gasteiger charge is 2.43. The van der Waals surface area contributed by atoms with E-state index in [2.05, 4.69) is 24.7 Å². The van der Waals surface area contributed by atoms with Crippen LogP contribution in [-0.4, -0.2) is 96.5 Å². The van der Waals surface area contributed by atoms with E-state index in [4.69, 9.17) is 9.47 Å². The van der Waals surface area contributed by atoms with Crippen LogP contribution in [0.2, 0.25) is 0 Å². The zero-order valence-corrected chi connectivity index (χ0v) is 25.2. The predicted molar refractivity (Wildman–Crippen MR) is 154 cm³/mol. The summed E-state index contributed by atoms with van der Waals surface area (Å²) in [6, 6.07) is 2.32. The highest BCUT2D eigenvalue weighted by atomic mass is 32.1. The first-order valence-corrected chi connectivity index (χ1v) is 15.5. The number of hydrogen-bond acceptors (Lipinski definition) is 9. The van der Waals surface area contributed by atoms with Crippen molar-refractivity contribution in [2.24, 2.45) is 0 Å². The highest BCUT2D eigenvalue weighted by Crippen LogP contribution is 2.44. The minimum absolute atomic E-state index is 0.133. The molecule has 41 heavy (non-hydrogen) atoms. The molecule has 0 unspecified atom stereocenters. The van der Waals surface area contributed by atoms with Crippen molar-refractivity contribution >= 4 is 28.9 Å². The van der Waals surface area contributed by atoms with Gasteiger partial charge in [-0.3, -0.25) is 4.90 Å². The second-order valence-corrected chi connectivity index (χ2v) is 13.4. The third-order valence-corrected chi connectivity index (χ3v) is 9.88. The summed E-state index contributed by atoms with van der Waals surface area (Å²) in [7, 11) is 0. The molecule has 224 valence electrons. The first-order valence-electron chi connectivity index (χ1n) is 14.6. The molecule has 0 aromatic carbocycles. The van der Waals surface area contributed by atoms with Crippen molar-refractivity contribution in [2.75, 3.05) is 68.8 Å². The largest absolute Gasteiger partial charge is 0.444 e. The Bertz CT molecular complexity index is 1260. The molecule has 0 bridgehead atoms. The van der Waals surface area contributed by atoms with Gasteiger partial charge < -0.3 is 24.2 Å². The van der Waals surface area contributed by atoms with Crippen LogP contribution in [-0.2, 0) is 21.5 Å². The van der Waals surface area contributed by atoms with Crippen LogP contribution >= 0.6 is 11.3 Å². The van der Waals surface area contributed by atoms with Crippen molar-refractivity contribution in [3.63, 3.8) is 0 Å². The third-order valence-electron chi connectivity index (χ3n) is 8.83. The molecule has 12 heteroatoms. The Hall–Kier alpha value is -2.57. The lowest BCUT2D eigenvalue weighted by Gasteiger charge is -2.49. The van der Waals surface area contributed by atoms with E-state index in [0.29, 0.717) is 50.2 Å². The lowest BCUT2D eigenvalue weighted by molar-refractivity contribution is -0.0742. The number of fused-ring (bicyclic) bond motifs is 2. The molecule has 3 saturated heterocycles. The highest BCUT2D eigenvalue weighted by molar-refractivity contribution is 7.09. The third kappa shape index (κ3) is 5.62. The number of ether oxygens (including phenoxy) is 2. The lowest BCUT2D eigenvalue weighted by Crippen LogP contribution is -2.63. The Balaban J connectivity index is 1.10. The van der Waals surface area contributed by atoms with Gasteiger partial charge in [-0.2, -0.15) is 0 Å². The fourth-order valence-electron chi connectivity index (χ4n) is 6.48. The van der Waals surface area contributed by atoms with Crippen molar-refractivity contribution in [1.29, 1.82) is 0 Å². The van der Waals surface area contributed by atoms with Crippen LogP contribution in [0.25, 0.3) is 0 Å². The van der Waals surface area contributed by atoms with E-state index in [-0.39, 0.29) is 17.4 Å². The van der Waals surface area contributed by atoms with Gasteiger partial charge in [0.15, 0.2) is 0 Å². The molecule has 0 atom stereocenters. The standard InChI is InChI=1S/C29H40F2N6O3S/c1-19-22(37-16-20(17-37)34-10-12-36(13-11-34)27(38)40-28(2,3)4)15-23(33-24(19)26(30)31)35-8-6-29(7-9-35)25-21(5-14-39-29)32-18-41-25/h15,18,20,26H,5-14,16-17H2,1-4H3. The van der Waals surface area contributed by atoms with Gasteiger partial charge in [0.25, 0.3) is 6.43 Å². The van der Waals surface area contributed by atoms with E-state index in [9.17, 15) is 13.6 Å². The molecule has 0 radical (unpaired) electrons. The number of aromatic nitrogens is 2. The summed E-state index contributed by atoms with van der Waals surface area (Å²) in [6.07, 6.45) is -0.473. The fraction of sp³-hybridized carbons (Fsp3) is 0.690. The van der Waals surface area contributed by atoms with Crippen LogP contribution in [0, 0.1) is 6.92 Å². The number of thiazole rings is 1. The number of nitrogens with zero attached hydrogens (tertiary/aromatic N) is 6. The smallest absolute Gasteiger partial charge is 0.410 e. The van der Waals surface area contributed by atoms with Gasteiger partial charge >= 0.3 is 6.09 Å². The number of rotatable bonds is 4. The number of piperidine rings is 1. The molecule has 1 amide bonds. The lowest BCUT2D eigenvalue weighted by atomic mass is 9.86. The normalized spacial score (nSPS) is 21.8. The summed E-state index contributed by atoms with van der Waals surface area (Å²) in [5.74, 6) is 0.616. The van der Waals surface area contributed by atoms with Gasteiger partial charge in [0.05, 0.1) is 22.7 Å². The van der Waals surface area contributed by atoms with Gasteiger partial charge in [0.1, 0.15) is 22.7 Å². The minimum Gasteiger partial charge on any atom is -0.444 e. The minimum atomic E-state index is -2.63. The van der Waals surface area contributed by atoms with Crippen molar-refractivity contribution in [2.45, 2.75) is 70.6 Å². The van der Waals surface area contributed by atoms with Gasteiger partial charge in [-0.15, -0.1) is 11.3 Å². The number of amides is 1. The van der Waals surface area contributed by atoms with E-state index in [0.717, 1.165) is 56.8 Å². The zero-order valence-electron chi connectivity index (χ0n) is 24.4. The Morgan fingerprint density at radius 3 is 2.49 bits per heavy atom. The monoisotopic (exact) mass is 590 g/mol. The number of carbonyl (C=O) groups is 1. The summed E-state index contributed by atoms with van der Waals surface area (Å²) in [5.41, 5.74) is 3.48.